The van der Waals surface area contributed by atoms with Gasteiger partial charge in [-0.05, 0) is 42.7 Å². The smallest absolute Gasteiger partial charge is 0.227 e. The second-order valence-electron chi connectivity index (χ2n) is 5.76. The number of amides is 1. The van der Waals surface area contributed by atoms with E-state index in [0.717, 1.165) is 23.4 Å². The predicted octanol–water partition coefficient (Wildman–Crippen LogP) is 3.06. The maximum absolute atomic E-state index is 11.9. The molecule has 0 spiro atoms. The van der Waals surface area contributed by atoms with E-state index in [1.54, 1.807) is 0 Å². The topological polar surface area (TPSA) is 55.6 Å². The molecule has 0 aliphatic carbocycles. The summed E-state index contributed by atoms with van der Waals surface area (Å²) in [4.78, 5) is 13.8. The maximum atomic E-state index is 11.9. The molecule has 0 fully saturated rings. The third-order valence-electron chi connectivity index (χ3n) is 4.22. The Hall–Kier alpha value is -2.33. The van der Waals surface area contributed by atoms with Crippen molar-refractivity contribution < 1.29 is 9.53 Å². The Kier molecular flexibility index (Phi) is 4.63. The zero-order chi connectivity index (χ0) is 16.2. The zero-order valence-corrected chi connectivity index (χ0v) is 13.4. The van der Waals surface area contributed by atoms with E-state index >= 15 is 0 Å². The highest BCUT2D eigenvalue weighted by atomic mass is 16.5. The van der Waals surface area contributed by atoms with Gasteiger partial charge in [0.15, 0.2) is 0 Å². The first-order valence-electron chi connectivity index (χ1n) is 8.05. The number of aryl methyl sites for hydroxylation is 1. The molecule has 1 heterocycles. The minimum Gasteiger partial charge on any atom is -0.492 e. The lowest BCUT2D eigenvalue weighted by Gasteiger charge is -2.29. The summed E-state index contributed by atoms with van der Waals surface area (Å²) in [6.45, 7) is 3.13. The van der Waals surface area contributed by atoms with Gasteiger partial charge >= 0.3 is 0 Å². The summed E-state index contributed by atoms with van der Waals surface area (Å²) >= 11 is 0. The molecule has 2 aromatic carbocycles. The first-order valence-corrected chi connectivity index (χ1v) is 8.05. The number of carbonyl (C=O) groups excluding carboxylic acids is 1. The standard InChI is InChI=1S/C19H22N2O2/c1-2-21-18-10-8-14(12-15(18)9-11-19(21)22)17(20)13-23-16-6-4-3-5-7-16/h3-8,10,12,17H,2,9,11,13,20H2,1H3. The number of anilines is 1. The minimum absolute atomic E-state index is 0.187. The third kappa shape index (κ3) is 3.37. The summed E-state index contributed by atoms with van der Waals surface area (Å²) in [6, 6.07) is 15.6. The quantitative estimate of drug-likeness (QED) is 0.923. The summed E-state index contributed by atoms with van der Waals surface area (Å²) in [5.41, 5.74) is 9.52. The molecule has 1 atom stereocenters. The van der Waals surface area contributed by atoms with Crippen LogP contribution in [0.5, 0.6) is 5.75 Å². The van der Waals surface area contributed by atoms with Crippen LogP contribution in [0, 0.1) is 0 Å². The third-order valence-corrected chi connectivity index (χ3v) is 4.22. The molecule has 4 nitrogen and oxygen atoms in total. The largest absolute Gasteiger partial charge is 0.492 e. The van der Waals surface area contributed by atoms with Gasteiger partial charge in [0.25, 0.3) is 0 Å². The fraction of sp³-hybridized carbons (Fsp3) is 0.316. The number of nitrogens with two attached hydrogens (primary N) is 1. The van der Waals surface area contributed by atoms with Crippen LogP contribution in [-0.2, 0) is 11.2 Å². The predicted molar refractivity (Wildman–Crippen MR) is 91.7 cm³/mol. The number of carbonyl (C=O) groups is 1. The van der Waals surface area contributed by atoms with Crippen molar-refractivity contribution in [1.29, 1.82) is 0 Å². The van der Waals surface area contributed by atoms with E-state index in [0.29, 0.717) is 19.6 Å². The fourth-order valence-electron chi connectivity index (χ4n) is 2.96. The summed E-state index contributed by atoms with van der Waals surface area (Å²) in [5.74, 6) is 1.02. The van der Waals surface area contributed by atoms with Crippen LogP contribution >= 0.6 is 0 Å². The molecule has 1 aliphatic heterocycles. The van der Waals surface area contributed by atoms with Gasteiger partial charge in [-0.25, -0.2) is 0 Å². The SMILES string of the molecule is CCN1C(=O)CCc2cc(C(N)COc3ccccc3)ccc21. The molecule has 1 unspecified atom stereocenters. The van der Waals surface area contributed by atoms with E-state index in [4.69, 9.17) is 10.5 Å². The van der Waals surface area contributed by atoms with E-state index in [9.17, 15) is 4.79 Å². The number of hydrogen-bond donors (Lipinski definition) is 1. The van der Waals surface area contributed by atoms with Gasteiger partial charge in [0.05, 0.1) is 6.04 Å². The number of ether oxygens (including phenoxy) is 1. The Bertz CT molecular complexity index is 685. The van der Waals surface area contributed by atoms with Crippen LogP contribution in [0.15, 0.2) is 48.5 Å². The summed E-state index contributed by atoms with van der Waals surface area (Å²) in [6.07, 6.45) is 1.35. The van der Waals surface area contributed by atoms with Crippen LogP contribution in [0.4, 0.5) is 5.69 Å². The van der Waals surface area contributed by atoms with Crippen molar-refractivity contribution in [2.24, 2.45) is 5.73 Å². The molecular weight excluding hydrogens is 288 g/mol. The van der Waals surface area contributed by atoms with Crippen molar-refractivity contribution >= 4 is 11.6 Å². The van der Waals surface area contributed by atoms with Crippen LogP contribution in [-0.4, -0.2) is 19.1 Å². The highest BCUT2D eigenvalue weighted by molar-refractivity contribution is 5.96. The Balaban J connectivity index is 1.72. The van der Waals surface area contributed by atoms with Gasteiger partial charge in [-0.2, -0.15) is 0 Å². The number of fused-ring (bicyclic) bond motifs is 1. The number of para-hydroxylation sites is 1. The van der Waals surface area contributed by atoms with Gasteiger partial charge in [0.2, 0.25) is 5.91 Å². The van der Waals surface area contributed by atoms with E-state index < -0.39 is 0 Å². The maximum Gasteiger partial charge on any atom is 0.227 e. The van der Waals surface area contributed by atoms with Crippen LogP contribution < -0.4 is 15.4 Å². The van der Waals surface area contributed by atoms with Crippen molar-refractivity contribution in [3.8, 4) is 5.75 Å². The normalized spacial score (nSPS) is 15.2. The molecule has 1 aliphatic rings. The first-order chi connectivity index (χ1) is 11.2. The fourth-order valence-corrected chi connectivity index (χ4v) is 2.96. The van der Waals surface area contributed by atoms with Crippen LogP contribution in [0.1, 0.15) is 30.5 Å². The van der Waals surface area contributed by atoms with Crippen LogP contribution in [0.2, 0.25) is 0 Å². The van der Waals surface area contributed by atoms with E-state index in [1.165, 1.54) is 5.56 Å². The second kappa shape index (κ2) is 6.84. The molecule has 0 saturated heterocycles. The molecule has 0 bridgehead atoms. The highest BCUT2D eigenvalue weighted by Crippen LogP contribution is 2.30. The number of benzene rings is 2. The number of rotatable bonds is 5. The lowest BCUT2D eigenvalue weighted by atomic mass is 9.96. The molecule has 4 heteroatoms. The molecule has 1 amide bonds. The first kappa shape index (κ1) is 15.6. The van der Waals surface area contributed by atoms with Gasteiger partial charge < -0.3 is 15.4 Å². The number of hydrogen-bond acceptors (Lipinski definition) is 3. The molecule has 23 heavy (non-hydrogen) atoms. The van der Waals surface area contributed by atoms with Gasteiger partial charge in [0, 0.05) is 18.7 Å². The molecular formula is C19H22N2O2. The second-order valence-corrected chi connectivity index (χ2v) is 5.76. The molecule has 3 rings (SSSR count). The van der Waals surface area contributed by atoms with E-state index in [1.807, 2.05) is 54.3 Å². The molecule has 0 aromatic heterocycles. The Morgan fingerprint density at radius 2 is 1.96 bits per heavy atom. The lowest BCUT2D eigenvalue weighted by Crippen LogP contribution is -2.35. The van der Waals surface area contributed by atoms with Crippen LogP contribution in [0.3, 0.4) is 0 Å². The lowest BCUT2D eigenvalue weighted by molar-refractivity contribution is -0.118. The van der Waals surface area contributed by atoms with Crippen LogP contribution in [0.25, 0.3) is 0 Å². The van der Waals surface area contributed by atoms with Gasteiger partial charge in [-0.1, -0.05) is 30.3 Å². The Morgan fingerprint density at radius 3 is 2.70 bits per heavy atom. The molecule has 120 valence electrons. The highest BCUT2D eigenvalue weighted by Gasteiger charge is 2.23. The van der Waals surface area contributed by atoms with Gasteiger partial charge in [-0.3, -0.25) is 4.79 Å². The van der Waals surface area contributed by atoms with Gasteiger partial charge in [0.1, 0.15) is 12.4 Å². The molecule has 2 aromatic rings. The summed E-state index contributed by atoms with van der Waals surface area (Å²) in [7, 11) is 0. The molecule has 2 N–H and O–H groups in total. The van der Waals surface area contributed by atoms with Crippen molar-refractivity contribution in [2.75, 3.05) is 18.1 Å². The molecule has 0 saturated carbocycles. The minimum atomic E-state index is -0.187. The number of nitrogens with zero attached hydrogens (tertiary/aromatic N) is 1. The monoisotopic (exact) mass is 310 g/mol. The molecule has 0 radical (unpaired) electrons. The summed E-state index contributed by atoms with van der Waals surface area (Å²) < 4.78 is 5.74. The van der Waals surface area contributed by atoms with E-state index in [-0.39, 0.29) is 11.9 Å². The van der Waals surface area contributed by atoms with Crippen molar-refractivity contribution in [3.63, 3.8) is 0 Å². The van der Waals surface area contributed by atoms with Crippen molar-refractivity contribution in [2.45, 2.75) is 25.8 Å². The zero-order valence-electron chi connectivity index (χ0n) is 13.4. The van der Waals surface area contributed by atoms with E-state index in [2.05, 4.69) is 6.07 Å². The Labute approximate surface area is 136 Å². The average Bonchev–Trinajstić information content (AvgIpc) is 2.60. The average molecular weight is 310 g/mol. The van der Waals surface area contributed by atoms with Crippen molar-refractivity contribution in [1.82, 2.24) is 0 Å². The summed E-state index contributed by atoms with van der Waals surface area (Å²) in [5, 5.41) is 0. The Morgan fingerprint density at radius 1 is 1.17 bits per heavy atom. The van der Waals surface area contributed by atoms with Crippen molar-refractivity contribution in [3.05, 3.63) is 59.7 Å². The van der Waals surface area contributed by atoms with Gasteiger partial charge in [-0.15, -0.1) is 0 Å².